The lowest BCUT2D eigenvalue weighted by molar-refractivity contribution is 0.620. The van der Waals surface area contributed by atoms with Crippen LogP contribution in [0.15, 0.2) is 71.5 Å². The van der Waals surface area contributed by atoms with Gasteiger partial charge in [0.2, 0.25) is 0 Å². The molecule has 1 aromatic rings. The summed E-state index contributed by atoms with van der Waals surface area (Å²) in [5.41, 5.74) is 4.61. The third-order valence-electron chi connectivity index (χ3n) is 3.02. The van der Waals surface area contributed by atoms with Gasteiger partial charge in [-0.2, -0.15) is 0 Å². The van der Waals surface area contributed by atoms with E-state index in [4.69, 9.17) is 0 Å². The SMILES string of the molecule is CN1C=CC(=CC=C2C=Nc3ccccc32)C=C1. The number of fused-ring (bicyclic) bond motifs is 1. The molecule has 0 aliphatic carbocycles. The van der Waals surface area contributed by atoms with Gasteiger partial charge < -0.3 is 4.90 Å². The van der Waals surface area contributed by atoms with Gasteiger partial charge in [-0.1, -0.05) is 30.4 Å². The van der Waals surface area contributed by atoms with E-state index < -0.39 is 0 Å². The fourth-order valence-electron chi connectivity index (χ4n) is 1.98. The van der Waals surface area contributed by atoms with Crippen LogP contribution in [0.25, 0.3) is 5.57 Å². The topological polar surface area (TPSA) is 15.6 Å². The molecule has 2 heterocycles. The third kappa shape index (κ3) is 2.05. The highest BCUT2D eigenvalue weighted by Crippen LogP contribution is 2.30. The standard InChI is InChI=1S/C16H14N2/c1-18-10-8-13(9-11-18)6-7-14-12-17-16-5-3-2-4-15(14)16/h2-12H,1H3. The van der Waals surface area contributed by atoms with E-state index in [0.29, 0.717) is 0 Å². The molecule has 0 radical (unpaired) electrons. The van der Waals surface area contributed by atoms with E-state index in [2.05, 4.69) is 35.4 Å². The predicted molar refractivity (Wildman–Crippen MR) is 76.7 cm³/mol. The average molecular weight is 234 g/mol. The van der Waals surface area contributed by atoms with Crippen LogP contribution in [0.3, 0.4) is 0 Å². The molecule has 0 amide bonds. The first-order chi connectivity index (χ1) is 8.83. The third-order valence-corrected chi connectivity index (χ3v) is 3.02. The van der Waals surface area contributed by atoms with Crippen LogP contribution in [0.5, 0.6) is 0 Å². The monoisotopic (exact) mass is 234 g/mol. The Bertz CT molecular complexity index is 600. The first-order valence-corrected chi connectivity index (χ1v) is 5.97. The number of aliphatic imine (C=N–C) groups is 1. The molecule has 18 heavy (non-hydrogen) atoms. The van der Waals surface area contributed by atoms with Gasteiger partial charge in [-0.25, -0.2) is 0 Å². The first-order valence-electron chi connectivity index (χ1n) is 5.97. The predicted octanol–water partition coefficient (Wildman–Crippen LogP) is 3.69. The van der Waals surface area contributed by atoms with E-state index in [0.717, 1.165) is 5.69 Å². The maximum absolute atomic E-state index is 4.39. The minimum atomic E-state index is 1.05. The fraction of sp³-hybridized carbons (Fsp3) is 0.0625. The molecule has 0 fully saturated rings. The Labute approximate surface area is 107 Å². The first kappa shape index (κ1) is 10.8. The van der Waals surface area contributed by atoms with Crippen LogP contribution in [0.2, 0.25) is 0 Å². The summed E-state index contributed by atoms with van der Waals surface area (Å²) in [7, 11) is 2.02. The van der Waals surface area contributed by atoms with Crippen LogP contribution in [0.4, 0.5) is 5.69 Å². The zero-order valence-electron chi connectivity index (χ0n) is 10.2. The normalized spacial score (nSPS) is 18.6. The molecule has 0 spiro atoms. The van der Waals surface area contributed by atoms with Crippen LogP contribution in [-0.4, -0.2) is 18.2 Å². The second kappa shape index (κ2) is 4.49. The number of hydrogen-bond acceptors (Lipinski definition) is 2. The van der Waals surface area contributed by atoms with Gasteiger partial charge in [-0.3, -0.25) is 4.99 Å². The van der Waals surface area contributed by atoms with Crippen LogP contribution >= 0.6 is 0 Å². The number of hydrogen-bond donors (Lipinski definition) is 0. The molecule has 2 aliphatic heterocycles. The highest BCUT2D eigenvalue weighted by Gasteiger charge is 2.09. The lowest BCUT2D eigenvalue weighted by atomic mass is 10.1. The largest absolute Gasteiger partial charge is 0.357 e. The summed E-state index contributed by atoms with van der Waals surface area (Å²) in [6, 6.07) is 8.20. The van der Waals surface area contributed by atoms with E-state index in [9.17, 15) is 0 Å². The van der Waals surface area contributed by atoms with Crippen molar-refractivity contribution in [2.24, 2.45) is 4.99 Å². The summed E-state index contributed by atoms with van der Waals surface area (Å²) in [4.78, 5) is 6.41. The Balaban J connectivity index is 1.88. The Hall–Kier alpha value is -2.35. The smallest absolute Gasteiger partial charge is 0.0708 e. The van der Waals surface area contributed by atoms with Gasteiger partial charge in [-0.15, -0.1) is 0 Å². The number of rotatable bonds is 1. The van der Waals surface area contributed by atoms with Gasteiger partial charge in [0.25, 0.3) is 0 Å². The molecule has 2 aliphatic rings. The summed E-state index contributed by atoms with van der Waals surface area (Å²) in [6.45, 7) is 0. The molecule has 2 nitrogen and oxygen atoms in total. The summed E-state index contributed by atoms with van der Waals surface area (Å²) < 4.78 is 0. The van der Waals surface area contributed by atoms with E-state index in [1.807, 2.05) is 48.8 Å². The maximum Gasteiger partial charge on any atom is 0.0708 e. The van der Waals surface area contributed by atoms with E-state index in [1.165, 1.54) is 16.7 Å². The molecule has 0 saturated heterocycles. The van der Waals surface area contributed by atoms with Crippen molar-refractivity contribution in [3.05, 3.63) is 72.1 Å². The van der Waals surface area contributed by atoms with Crippen molar-refractivity contribution < 1.29 is 0 Å². The number of nitrogens with zero attached hydrogens (tertiary/aromatic N) is 2. The average Bonchev–Trinajstić information content (AvgIpc) is 2.82. The zero-order chi connectivity index (χ0) is 12.4. The second-order valence-electron chi connectivity index (χ2n) is 4.36. The molecular formula is C16H14N2. The molecule has 0 unspecified atom stereocenters. The van der Waals surface area contributed by atoms with Crippen molar-refractivity contribution in [1.29, 1.82) is 0 Å². The Kier molecular flexibility index (Phi) is 2.69. The van der Waals surface area contributed by atoms with Gasteiger partial charge in [0.1, 0.15) is 0 Å². The molecule has 88 valence electrons. The number of para-hydroxylation sites is 1. The van der Waals surface area contributed by atoms with Gasteiger partial charge in [0.05, 0.1) is 5.69 Å². The molecule has 0 aromatic heterocycles. The molecule has 0 bridgehead atoms. The molecular weight excluding hydrogens is 220 g/mol. The van der Waals surface area contributed by atoms with Gasteiger partial charge in [0, 0.05) is 36.8 Å². The molecule has 2 heteroatoms. The van der Waals surface area contributed by atoms with E-state index in [1.54, 1.807) is 0 Å². The zero-order valence-corrected chi connectivity index (χ0v) is 10.2. The fourth-order valence-corrected chi connectivity index (χ4v) is 1.98. The summed E-state index contributed by atoms with van der Waals surface area (Å²) in [6.07, 6.45) is 14.4. The van der Waals surface area contributed by atoms with Gasteiger partial charge >= 0.3 is 0 Å². The Morgan fingerprint density at radius 1 is 1.06 bits per heavy atom. The molecule has 0 N–H and O–H groups in total. The summed E-state index contributed by atoms with van der Waals surface area (Å²) in [5.74, 6) is 0. The van der Waals surface area contributed by atoms with Crippen molar-refractivity contribution in [3.63, 3.8) is 0 Å². The maximum atomic E-state index is 4.39. The van der Waals surface area contributed by atoms with Gasteiger partial charge in [0.15, 0.2) is 0 Å². The quantitative estimate of drug-likeness (QED) is 0.723. The Morgan fingerprint density at radius 2 is 1.83 bits per heavy atom. The Morgan fingerprint density at radius 3 is 2.67 bits per heavy atom. The molecule has 1 aromatic carbocycles. The molecule has 3 rings (SSSR count). The van der Waals surface area contributed by atoms with Crippen LogP contribution in [0, 0.1) is 0 Å². The minimum absolute atomic E-state index is 1.05. The summed E-state index contributed by atoms with van der Waals surface area (Å²) >= 11 is 0. The van der Waals surface area contributed by atoms with E-state index in [-0.39, 0.29) is 0 Å². The van der Waals surface area contributed by atoms with Crippen LogP contribution in [0.1, 0.15) is 5.56 Å². The van der Waals surface area contributed by atoms with Crippen molar-refractivity contribution in [2.75, 3.05) is 7.05 Å². The van der Waals surface area contributed by atoms with Crippen molar-refractivity contribution in [2.45, 2.75) is 0 Å². The van der Waals surface area contributed by atoms with Gasteiger partial charge in [-0.05, 0) is 23.8 Å². The highest BCUT2D eigenvalue weighted by atomic mass is 15.0. The minimum Gasteiger partial charge on any atom is -0.357 e. The highest BCUT2D eigenvalue weighted by molar-refractivity contribution is 6.16. The molecule has 0 saturated carbocycles. The second-order valence-corrected chi connectivity index (χ2v) is 4.36. The van der Waals surface area contributed by atoms with Crippen LogP contribution < -0.4 is 0 Å². The number of benzene rings is 1. The van der Waals surface area contributed by atoms with Crippen molar-refractivity contribution >= 4 is 17.5 Å². The molecule has 0 atom stereocenters. The van der Waals surface area contributed by atoms with Crippen LogP contribution in [-0.2, 0) is 0 Å². The summed E-state index contributed by atoms with van der Waals surface area (Å²) in [5, 5.41) is 0. The lowest BCUT2D eigenvalue weighted by Crippen LogP contribution is -2.02. The van der Waals surface area contributed by atoms with E-state index >= 15 is 0 Å². The lowest BCUT2D eigenvalue weighted by Gasteiger charge is -2.11. The number of allylic oxidation sites excluding steroid dienone is 6. The van der Waals surface area contributed by atoms with Crippen molar-refractivity contribution in [1.82, 2.24) is 4.90 Å². The van der Waals surface area contributed by atoms with Crippen molar-refractivity contribution in [3.8, 4) is 0 Å².